The molecule has 5 heteroatoms. The Labute approximate surface area is 115 Å². The van der Waals surface area contributed by atoms with Crippen LogP contribution in [-0.2, 0) is 0 Å². The van der Waals surface area contributed by atoms with Crippen molar-refractivity contribution in [3.05, 3.63) is 0 Å². The third kappa shape index (κ3) is 8.47. The summed E-state index contributed by atoms with van der Waals surface area (Å²) in [5, 5.41) is 2.52. The first-order valence-corrected chi connectivity index (χ1v) is 7.24. The summed E-state index contributed by atoms with van der Waals surface area (Å²) >= 11 is 0. The van der Waals surface area contributed by atoms with Gasteiger partial charge in [0, 0.05) is 25.2 Å². The van der Waals surface area contributed by atoms with E-state index in [1.54, 1.807) is 0 Å². The third-order valence-electron chi connectivity index (χ3n) is 3.32. The Hall–Kier alpha value is -0.290. The molecule has 0 aromatic carbocycles. The van der Waals surface area contributed by atoms with E-state index in [9.17, 15) is 13.2 Å². The van der Waals surface area contributed by atoms with Crippen molar-refractivity contribution < 1.29 is 13.2 Å². The average molecular weight is 282 g/mol. The minimum absolute atomic E-state index is 0.120. The number of halogens is 3. The highest BCUT2D eigenvalue weighted by Gasteiger charge is 2.27. The van der Waals surface area contributed by atoms with Crippen molar-refractivity contribution in [2.75, 3.05) is 19.6 Å². The summed E-state index contributed by atoms with van der Waals surface area (Å²) in [5.41, 5.74) is 0. The van der Waals surface area contributed by atoms with Crippen molar-refractivity contribution in [2.45, 2.75) is 65.7 Å². The molecule has 0 aromatic rings. The number of nitrogens with one attached hydrogen (secondary N) is 1. The zero-order valence-electron chi connectivity index (χ0n) is 12.8. The first kappa shape index (κ1) is 18.7. The highest BCUT2D eigenvalue weighted by atomic mass is 19.4. The van der Waals surface area contributed by atoms with Crippen LogP contribution in [0.25, 0.3) is 0 Å². The van der Waals surface area contributed by atoms with Gasteiger partial charge in [-0.3, -0.25) is 4.90 Å². The fourth-order valence-corrected chi connectivity index (χ4v) is 2.41. The van der Waals surface area contributed by atoms with Gasteiger partial charge < -0.3 is 5.32 Å². The van der Waals surface area contributed by atoms with E-state index in [1.165, 1.54) is 0 Å². The van der Waals surface area contributed by atoms with E-state index in [-0.39, 0.29) is 6.04 Å². The van der Waals surface area contributed by atoms with Crippen molar-refractivity contribution in [2.24, 2.45) is 5.92 Å². The maximum absolute atomic E-state index is 12.1. The Morgan fingerprint density at radius 1 is 1.05 bits per heavy atom. The van der Waals surface area contributed by atoms with Gasteiger partial charge in [0.25, 0.3) is 0 Å². The number of alkyl halides is 3. The van der Waals surface area contributed by atoms with Gasteiger partial charge in [0.1, 0.15) is 0 Å². The van der Waals surface area contributed by atoms with Crippen LogP contribution in [-0.4, -0.2) is 42.8 Å². The quantitative estimate of drug-likeness (QED) is 0.694. The van der Waals surface area contributed by atoms with Gasteiger partial charge in [0.15, 0.2) is 0 Å². The van der Waals surface area contributed by atoms with E-state index in [0.29, 0.717) is 18.5 Å². The fraction of sp³-hybridized carbons (Fsp3) is 1.00. The van der Waals surface area contributed by atoms with Crippen molar-refractivity contribution in [3.8, 4) is 0 Å². The molecule has 0 radical (unpaired) electrons. The lowest BCUT2D eigenvalue weighted by Crippen LogP contribution is -2.48. The molecule has 116 valence electrons. The summed E-state index contributed by atoms with van der Waals surface area (Å²) in [6.45, 7) is 11.0. The highest BCUT2D eigenvalue weighted by molar-refractivity contribution is 4.78. The zero-order chi connectivity index (χ0) is 15.1. The summed E-state index contributed by atoms with van der Waals surface area (Å²) in [6, 6.07) is 0.569. The van der Waals surface area contributed by atoms with Gasteiger partial charge in [-0.1, -0.05) is 27.7 Å². The second kappa shape index (κ2) is 8.80. The predicted octanol–water partition coefficient (Wildman–Crippen LogP) is 3.67. The van der Waals surface area contributed by atoms with Crippen LogP contribution < -0.4 is 5.32 Å². The summed E-state index contributed by atoms with van der Waals surface area (Å²) in [6.07, 6.45) is -2.06. The molecule has 0 spiro atoms. The molecule has 2 nitrogen and oxygen atoms in total. The topological polar surface area (TPSA) is 15.3 Å². The first-order chi connectivity index (χ1) is 8.71. The van der Waals surface area contributed by atoms with Crippen LogP contribution in [0.5, 0.6) is 0 Å². The number of hydrogen-bond acceptors (Lipinski definition) is 2. The first-order valence-electron chi connectivity index (χ1n) is 7.24. The SMILES string of the molecule is CCC(CC)N(CC(C)C)C(C)CNCC(F)(F)F. The summed E-state index contributed by atoms with van der Waals surface area (Å²) in [5.74, 6) is 0.519. The predicted molar refractivity (Wildman–Crippen MR) is 74.3 cm³/mol. The van der Waals surface area contributed by atoms with Gasteiger partial charge in [0.05, 0.1) is 6.54 Å². The smallest absolute Gasteiger partial charge is 0.307 e. The molecule has 0 aliphatic heterocycles. The minimum atomic E-state index is -4.13. The molecule has 0 aromatic heterocycles. The average Bonchev–Trinajstić information content (AvgIpc) is 2.26. The van der Waals surface area contributed by atoms with E-state index < -0.39 is 12.7 Å². The van der Waals surface area contributed by atoms with Crippen LogP contribution in [0.2, 0.25) is 0 Å². The normalized spacial score (nSPS) is 14.7. The molecule has 1 N–H and O–H groups in total. The molecule has 0 heterocycles. The van der Waals surface area contributed by atoms with E-state index in [1.807, 2.05) is 6.92 Å². The lowest BCUT2D eigenvalue weighted by Gasteiger charge is -2.37. The fourth-order valence-electron chi connectivity index (χ4n) is 2.41. The van der Waals surface area contributed by atoms with Crippen LogP contribution in [0.3, 0.4) is 0 Å². The van der Waals surface area contributed by atoms with Crippen LogP contribution in [0.15, 0.2) is 0 Å². The van der Waals surface area contributed by atoms with Crippen LogP contribution in [0, 0.1) is 5.92 Å². The standard InChI is InChI=1S/C14H29F3N2/c1-6-13(7-2)19(9-11(3)4)12(5)8-18-10-14(15,16)17/h11-13,18H,6-10H2,1-5H3. The largest absolute Gasteiger partial charge is 0.401 e. The molecule has 0 saturated heterocycles. The number of nitrogens with zero attached hydrogens (tertiary/aromatic N) is 1. The van der Waals surface area contributed by atoms with Crippen LogP contribution >= 0.6 is 0 Å². The maximum atomic E-state index is 12.1. The zero-order valence-corrected chi connectivity index (χ0v) is 12.8. The van der Waals surface area contributed by atoms with Crippen LogP contribution in [0.4, 0.5) is 13.2 Å². The van der Waals surface area contributed by atoms with Crippen molar-refractivity contribution in [1.82, 2.24) is 10.2 Å². The van der Waals surface area contributed by atoms with E-state index in [4.69, 9.17) is 0 Å². The van der Waals surface area contributed by atoms with Crippen molar-refractivity contribution in [3.63, 3.8) is 0 Å². The molecule has 0 saturated carbocycles. The van der Waals surface area contributed by atoms with E-state index in [2.05, 4.69) is 37.9 Å². The Bertz CT molecular complexity index is 225. The van der Waals surface area contributed by atoms with Gasteiger partial charge >= 0.3 is 6.18 Å². The van der Waals surface area contributed by atoms with E-state index >= 15 is 0 Å². The van der Waals surface area contributed by atoms with E-state index in [0.717, 1.165) is 19.4 Å². The molecule has 0 fully saturated rings. The summed E-state index contributed by atoms with van der Waals surface area (Å²) in [7, 11) is 0. The molecular formula is C14H29F3N2. The van der Waals surface area contributed by atoms with Crippen LogP contribution in [0.1, 0.15) is 47.5 Å². The third-order valence-corrected chi connectivity index (χ3v) is 3.32. The number of rotatable bonds is 9. The Balaban J connectivity index is 4.41. The van der Waals surface area contributed by atoms with Gasteiger partial charge in [-0.25, -0.2) is 0 Å². The Kier molecular flexibility index (Phi) is 8.66. The van der Waals surface area contributed by atoms with Gasteiger partial charge in [-0.15, -0.1) is 0 Å². The van der Waals surface area contributed by atoms with Crippen molar-refractivity contribution in [1.29, 1.82) is 0 Å². The summed E-state index contributed by atoms with van der Waals surface area (Å²) in [4.78, 5) is 2.34. The second-order valence-corrected chi connectivity index (χ2v) is 5.66. The van der Waals surface area contributed by atoms with Gasteiger partial charge in [-0.05, 0) is 25.7 Å². The monoisotopic (exact) mass is 282 g/mol. The molecule has 0 aliphatic carbocycles. The molecule has 1 atom stereocenters. The Morgan fingerprint density at radius 2 is 1.58 bits per heavy atom. The van der Waals surface area contributed by atoms with Crippen molar-refractivity contribution >= 4 is 0 Å². The molecule has 0 aliphatic rings. The van der Waals surface area contributed by atoms with Gasteiger partial charge in [0.2, 0.25) is 0 Å². The lowest BCUT2D eigenvalue weighted by atomic mass is 10.0. The molecule has 1 unspecified atom stereocenters. The molecule has 0 rings (SSSR count). The molecule has 0 bridgehead atoms. The molecule has 19 heavy (non-hydrogen) atoms. The maximum Gasteiger partial charge on any atom is 0.401 e. The molecule has 0 amide bonds. The highest BCUT2D eigenvalue weighted by Crippen LogP contribution is 2.16. The summed E-state index contributed by atoms with van der Waals surface area (Å²) < 4.78 is 36.4. The number of hydrogen-bond donors (Lipinski definition) is 1. The molecular weight excluding hydrogens is 253 g/mol. The second-order valence-electron chi connectivity index (χ2n) is 5.66. The Morgan fingerprint density at radius 3 is 1.95 bits per heavy atom. The minimum Gasteiger partial charge on any atom is -0.307 e. The van der Waals surface area contributed by atoms with Gasteiger partial charge in [-0.2, -0.15) is 13.2 Å². The lowest BCUT2D eigenvalue weighted by molar-refractivity contribution is -0.125.